The summed E-state index contributed by atoms with van der Waals surface area (Å²) >= 11 is 0. The number of likely N-dealkylation sites (N-methyl/N-ethyl adjacent to an activating group) is 1. The minimum absolute atomic E-state index is 0.136. The van der Waals surface area contributed by atoms with Crippen molar-refractivity contribution in [1.82, 2.24) is 10.1 Å². The van der Waals surface area contributed by atoms with Gasteiger partial charge in [0, 0.05) is 18.7 Å². The predicted molar refractivity (Wildman–Crippen MR) is 83.9 cm³/mol. The maximum atomic E-state index is 12.3. The van der Waals surface area contributed by atoms with Gasteiger partial charge in [-0.1, -0.05) is 17.3 Å². The van der Waals surface area contributed by atoms with Crippen molar-refractivity contribution in [2.24, 2.45) is 0 Å². The van der Waals surface area contributed by atoms with Crippen molar-refractivity contribution in [2.75, 3.05) is 12.4 Å². The van der Waals surface area contributed by atoms with E-state index in [0.717, 1.165) is 5.69 Å². The van der Waals surface area contributed by atoms with Gasteiger partial charge in [0.2, 0.25) is 5.91 Å². The lowest BCUT2D eigenvalue weighted by Crippen LogP contribution is -2.39. The average Bonchev–Trinajstić information content (AvgIpc) is 2.91. The van der Waals surface area contributed by atoms with Gasteiger partial charge in [0.25, 0.3) is 5.69 Å². The molecule has 8 nitrogen and oxygen atoms in total. The predicted octanol–water partition coefficient (Wildman–Crippen LogP) is 2.35. The van der Waals surface area contributed by atoms with Crippen molar-refractivity contribution in [3.8, 4) is 0 Å². The molecule has 0 aliphatic carbocycles. The highest BCUT2D eigenvalue weighted by molar-refractivity contribution is 5.96. The molecule has 0 bridgehead atoms. The second kappa shape index (κ2) is 7.01. The third kappa shape index (κ3) is 4.13. The minimum Gasteiger partial charge on any atom is -0.361 e. The number of para-hydroxylation sites is 2. The second-order valence-electron chi connectivity index (χ2n) is 5.28. The molecule has 23 heavy (non-hydrogen) atoms. The number of rotatable bonds is 6. The number of amides is 1. The Hall–Kier alpha value is -2.74. The third-order valence-electron chi connectivity index (χ3n) is 3.49. The Bertz CT molecular complexity index is 713. The molecular formula is C15H18N4O4. The molecule has 1 N–H and O–H groups in total. The van der Waals surface area contributed by atoms with Crippen molar-refractivity contribution >= 4 is 17.3 Å². The number of nitrogens with one attached hydrogen (secondary N) is 1. The SMILES string of the molecule is Cc1cc(CN(C)C(C)C(=O)Nc2ccccc2[N+](=O)[O-])no1. The highest BCUT2D eigenvalue weighted by Crippen LogP contribution is 2.23. The molecule has 1 aromatic carbocycles. The number of carbonyl (C=O) groups is 1. The summed E-state index contributed by atoms with van der Waals surface area (Å²) in [6.45, 7) is 3.95. The molecule has 1 heterocycles. The topological polar surface area (TPSA) is 102 Å². The molecule has 0 aliphatic rings. The summed E-state index contributed by atoms with van der Waals surface area (Å²) in [5.41, 5.74) is 0.762. The van der Waals surface area contributed by atoms with E-state index in [2.05, 4.69) is 10.5 Å². The van der Waals surface area contributed by atoms with Crippen LogP contribution >= 0.6 is 0 Å². The van der Waals surface area contributed by atoms with E-state index in [1.165, 1.54) is 12.1 Å². The van der Waals surface area contributed by atoms with Crippen LogP contribution in [0.25, 0.3) is 0 Å². The number of benzene rings is 1. The molecule has 2 aromatic rings. The van der Waals surface area contributed by atoms with Gasteiger partial charge in [0.15, 0.2) is 0 Å². The summed E-state index contributed by atoms with van der Waals surface area (Å²) < 4.78 is 4.99. The minimum atomic E-state index is -0.526. The zero-order valence-corrected chi connectivity index (χ0v) is 13.1. The fourth-order valence-corrected chi connectivity index (χ4v) is 2.06. The fourth-order valence-electron chi connectivity index (χ4n) is 2.06. The van der Waals surface area contributed by atoms with Crippen LogP contribution in [0.5, 0.6) is 0 Å². The normalized spacial score (nSPS) is 12.2. The highest BCUT2D eigenvalue weighted by Gasteiger charge is 2.22. The molecule has 1 aromatic heterocycles. The third-order valence-corrected chi connectivity index (χ3v) is 3.49. The van der Waals surface area contributed by atoms with Crippen molar-refractivity contribution < 1.29 is 14.2 Å². The maximum absolute atomic E-state index is 12.3. The van der Waals surface area contributed by atoms with Gasteiger partial charge < -0.3 is 9.84 Å². The Kier molecular flexibility index (Phi) is 5.07. The van der Waals surface area contributed by atoms with Crippen molar-refractivity contribution in [2.45, 2.75) is 26.4 Å². The summed E-state index contributed by atoms with van der Waals surface area (Å²) in [6, 6.07) is 7.34. The Balaban J connectivity index is 2.03. The van der Waals surface area contributed by atoms with E-state index in [9.17, 15) is 14.9 Å². The lowest BCUT2D eigenvalue weighted by Gasteiger charge is -2.22. The standard InChI is InChI=1S/C15H18N4O4/c1-10-8-12(17-23-10)9-18(3)11(2)15(20)16-13-6-4-5-7-14(13)19(21)22/h4-8,11H,9H2,1-3H3,(H,16,20). The Morgan fingerprint density at radius 2 is 2.17 bits per heavy atom. The average molecular weight is 318 g/mol. The van der Waals surface area contributed by atoms with Crippen LogP contribution in [0.2, 0.25) is 0 Å². The number of aryl methyl sites for hydroxylation is 1. The van der Waals surface area contributed by atoms with Crippen LogP contribution in [-0.4, -0.2) is 34.0 Å². The molecule has 1 atom stereocenters. The monoisotopic (exact) mass is 318 g/mol. The Labute approximate surface area is 133 Å². The number of nitrogens with zero attached hydrogens (tertiary/aromatic N) is 3. The Morgan fingerprint density at radius 3 is 2.78 bits per heavy atom. The first kappa shape index (κ1) is 16.6. The summed E-state index contributed by atoms with van der Waals surface area (Å²) in [5.74, 6) is 0.368. The van der Waals surface area contributed by atoms with Gasteiger partial charge >= 0.3 is 0 Å². The molecule has 1 unspecified atom stereocenters. The fraction of sp³-hybridized carbons (Fsp3) is 0.333. The summed E-state index contributed by atoms with van der Waals surface area (Å²) in [4.78, 5) is 24.5. The van der Waals surface area contributed by atoms with Crippen LogP contribution < -0.4 is 5.32 Å². The van der Waals surface area contributed by atoms with Gasteiger partial charge in [0.1, 0.15) is 11.4 Å². The molecule has 0 saturated carbocycles. The van der Waals surface area contributed by atoms with E-state index < -0.39 is 11.0 Å². The second-order valence-corrected chi connectivity index (χ2v) is 5.28. The molecule has 0 aliphatic heterocycles. The van der Waals surface area contributed by atoms with Crippen molar-refractivity contribution in [1.29, 1.82) is 0 Å². The number of aromatic nitrogens is 1. The largest absolute Gasteiger partial charge is 0.361 e. The number of anilines is 1. The van der Waals surface area contributed by atoms with Crippen molar-refractivity contribution in [3.05, 3.63) is 51.9 Å². The first-order valence-electron chi connectivity index (χ1n) is 7.05. The summed E-state index contributed by atoms with van der Waals surface area (Å²) in [7, 11) is 1.77. The number of nitro groups is 1. The zero-order valence-electron chi connectivity index (χ0n) is 13.1. The number of carbonyl (C=O) groups excluding carboxylic acids is 1. The molecule has 0 fully saturated rings. The van der Waals surface area contributed by atoms with E-state index in [1.54, 1.807) is 44.0 Å². The van der Waals surface area contributed by atoms with Gasteiger partial charge in [-0.2, -0.15) is 0 Å². The van der Waals surface area contributed by atoms with Gasteiger partial charge in [-0.25, -0.2) is 0 Å². The van der Waals surface area contributed by atoms with E-state index in [4.69, 9.17) is 4.52 Å². The highest BCUT2D eigenvalue weighted by atomic mass is 16.6. The quantitative estimate of drug-likeness (QED) is 0.648. The van der Waals surface area contributed by atoms with Crippen LogP contribution in [-0.2, 0) is 11.3 Å². The molecule has 8 heteroatoms. The van der Waals surface area contributed by atoms with Crippen LogP contribution in [0, 0.1) is 17.0 Å². The first-order valence-corrected chi connectivity index (χ1v) is 7.05. The van der Waals surface area contributed by atoms with Gasteiger partial charge in [-0.15, -0.1) is 0 Å². The summed E-state index contributed by atoms with van der Waals surface area (Å²) in [6.07, 6.45) is 0. The van der Waals surface area contributed by atoms with E-state index in [-0.39, 0.29) is 17.3 Å². The van der Waals surface area contributed by atoms with Gasteiger partial charge in [0.05, 0.1) is 16.7 Å². The number of hydrogen-bond donors (Lipinski definition) is 1. The van der Waals surface area contributed by atoms with Crippen LogP contribution in [0.15, 0.2) is 34.9 Å². The lowest BCUT2D eigenvalue weighted by atomic mass is 10.2. The maximum Gasteiger partial charge on any atom is 0.292 e. The molecule has 2 rings (SSSR count). The molecular weight excluding hydrogens is 300 g/mol. The molecule has 0 radical (unpaired) electrons. The van der Waals surface area contributed by atoms with E-state index >= 15 is 0 Å². The first-order chi connectivity index (χ1) is 10.9. The number of nitro benzene ring substituents is 1. The summed E-state index contributed by atoms with van der Waals surface area (Å²) in [5, 5.41) is 17.5. The van der Waals surface area contributed by atoms with Crippen LogP contribution in [0.3, 0.4) is 0 Å². The molecule has 1 amide bonds. The zero-order chi connectivity index (χ0) is 17.0. The molecule has 0 saturated heterocycles. The van der Waals surface area contributed by atoms with E-state index in [1.807, 2.05) is 0 Å². The number of hydrogen-bond acceptors (Lipinski definition) is 6. The molecule has 0 spiro atoms. The van der Waals surface area contributed by atoms with Gasteiger partial charge in [-0.05, 0) is 27.0 Å². The lowest BCUT2D eigenvalue weighted by molar-refractivity contribution is -0.383. The van der Waals surface area contributed by atoms with Gasteiger partial charge in [-0.3, -0.25) is 19.8 Å². The van der Waals surface area contributed by atoms with Crippen LogP contribution in [0.1, 0.15) is 18.4 Å². The van der Waals surface area contributed by atoms with E-state index in [0.29, 0.717) is 12.3 Å². The van der Waals surface area contributed by atoms with Crippen molar-refractivity contribution in [3.63, 3.8) is 0 Å². The Morgan fingerprint density at radius 1 is 1.48 bits per heavy atom. The molecule has 122 valence electrons. The van der Waals surface area contributed by atoms with Crippen LogP contribution in [0.4, 0.5) is 11.4 Å². The smallest absolute Gasteiger partial charge is 0.292 e.